The number of carbonyl (C=O) groups is 1. The summed E-state index contributed by atoms with van der Waals surface area (Å²) < 4.78 is 0. The van der Waals surface area contributed by atoms with Crippen molar-refractivity contribution >= 4 is 16.8 Å². The zero-order chi connectivity index (χ0) is 11.9. The highest BCUT2D eigenvalue weighted by Crippen LogP contribution is 2.09. The number of unbranched alkanes of at least 4 members (excludes halogenated alkanes) is 7. The van der Waals surface area contributed by atoms with Gasteiger partial charge in [0.25, 0.3) is 0 Å². The number of carbonyl (C=O) groups excluding carboxylic acids is 1. The molecule has 0 heterocycles. The van der Waals surface area contributed by atoms with E-state index in [1.807, 2.05) is 0 Å². The fourth-order valence-electron chi connectivity index (χ4n) is 1.40. The molecule has 0 aromatic carbocycles. The molecule has 15 heavy (non-hydrogen) atoms. The van der Waals surface area contributed by atoms with Crippen LogP contribution < -0.4 is 0 Å². The fourth-order valence-corrected chi connectivity index (χ4v) is 1.53. The van der Waals surface area contributed by atoms with Crippen LogP contribution in [0.3, 0.4) is 0 Å². The van der Waals surface area contributed by atoms with E-state index >= 15 is 0 Å². The van der Waals surface area contributed by atoms with E-state index in [1.54, 1.807) is 0 Å². The average Bonchev–Trinajstić information content (AvgIpc) is 2.24. The molecule has 0 aliphatic rings. The molecule has 2 nitrogen and oxygen atoms in total. The molecule has 0 unspecified atom stereocenters. The lowest BCUT2D eigenvalue weighted by Gasteiger charge is -1.99. The van der Waals surface area contributed by atoms with E-state index in [2.05, 4.69) is 13.5 Å². The van der Waals surface area contributed by atoms with Crippen LogP contribution in [0.4, 0.5) is 0 Å². The van der Waals surface area contributed by atoms with Crippen molar-refractivity contribution in [1.29, 1.82) is 5.26 Å². The fraction of sp³-hybridized carbons (Fsp3) is 0.833. The lowest BCUT2D eigenvalue weighted by atomic mass is 10.1. The van der Waals surface area contributed by atoms with Gasteiger partial charge in [0.2, 0.25) is 5.24 Å². The third kappa shape index (κ3) is 19.7. The highest BCUT2D eigenvalue weighted by atomic mass is 35.5. The lowest BCUT2D eigenvalue weighted by Crippen LogP contribution is -1.86. The van der Waals surface area contributed by atoms with E-state index < -0.39 is 0 Å². The quantitative estimate of drug-likeness (QED) is 0.435. The minimum absolute atomic E-state index is 0.189. The summed E-state index contributed by atoms with van der Waals surface area (Å²) in [7, 11) is 0. The topological polar surface area (TPSA) is 40.9 Å². The highest BCUT2D eigenvalue weighted by molar-refractivity contribution is 6.63. The Hall–Kier alpha value is -0.550. The molecule has 0 fully saturated rings. The summed E-state index contributed by atoms with van der Waals surface area (Å²) in [5.74, 6) is 0. The molecule has 0 radical (unpaired) electrons. The van der Waals surface area contributed by atoms with E-state index in [1.165, 1.54) is 38.5 Å². The second-order valence-electron chi connectivity index (χ2n) is 3.58. The van der Waals surface area contributed by atoms with Crippen LogP contribution in [-0.4, -0.2) is 5.24 Å². The molecule has 0 spiro atoms. The van der Waals surface area contributed by atoms with Crippen LogP contribution in [0, 0.1) is 11.8 Å². The maximum atomic E-state index is 10.4. The lowest BCUT2D eigenvalue weighted by molar-refractivity contribution is -0.111. The maximum absolute atomic E-state index is 10.4. The second-order valence-corrected chi connectivity index (χ2v) is 4.00. The van der Waals surface area contributed by atoms with Gasteiger partial charge in [0.15, 0.2) is 0 Å². The molecule has 88 valence electrons. The van der Waals surface area contributed by atoms with Crippen molar-refractivity contribution in [3.8, 4) is 6.57 Å². The second kappa shape index (κ2) is 15.9. The zero-order valence-corrected chi connectivity index (χ0v) is 10.4. The van der Waals surface area contributed by atoms with E-state index in [9.17, 15) is 4.79 Å². The largest absolute Gasteiger partial charge is 0.281 e. The minimum Gasteiger partial charge on any atom is -0.281 e. The number of hydrogen-bond donors (Lipinski definition) is 0. The summed E-state index contributed by atoms with van der Waals surface area (Å²) in [6.07, 6.45) is 10.6. The molecular weight excluding hydrogens is 210 g/mol. The Kier molecular flexibility index (Phi) is 17.9. The molecule has 0 aromatic heterocycles. The Labute approximate surface area is 98.6 Å². The molecule has 0 rings (SSSR count). The van der Waals surface area contributed by atoms with Gasteiger partial charge in [-0.25, -0.2) is 5.26 Å². The summed E-state index contributed by atoms with van der Waals surface area (Å²) in [6.45, 7) is 5.73. The summed E-state index contributed by atoms with van der Waals surface area (Å²) in [4.78, 5) is 10.4. The van der Waals surface area contributed by atoms with Crippen LogP contribution in [0.2, 0.25) is 0 Å². The third-order valence-corrected chi connectivity index (χ3v) is 2.42. The SMILES string of the molecule is C#N.CCCCCCCCCCC(=O)Cl. The third-order valence-electron chi connectivity index (χ3n) is 2.23. The van der Waals surface area contributed by atoms with Crippen LogP contribution in [0.1, 0.15) is 64.7 Å². The van der Waals surface area contributed by atoms with Crippen LogP contribution in [0.5, 0.6) is 0 Å². The highest BCUT2D eigenvalue weighted by Gasteiger charge is 1.95. The standard InChI is InChI=1S/C11H21ClO.CHN/c1-2-3-4-5-6-7-8-9-10-11(12)13;1-2/h2-10H2,1H3;1H. The summed E-state index contributed by atoms with van der Waals surface area (Å²) in [5, 5.41) is 6.31. The Morgan fingerprint density at radius 3 is 1.80 bits per heavy atom. The number of rotatable bonds is 9. The predicted molar refractivity (Wildman–Crippen MR) is 64.8 cm³/mol. The first-order valence-corrected chi connectivity index (χ1v) is 6.09. The van der Waals surface area contributed by atoms with Crippen LogP contribution >= 0.6 is 11.6 Å². The first-order valence-electron chi connectivity index (χ1n) is 5.71. The van der Waals surface area contributed by atoms with Crippen LogP contribution in [0.25, 0.3) is 0 Å². The molecule has 0 bridgehead atoms. The number of halogens is 1. The zero-order valence-electron chi connectivity index (χ0n) is 9.67. The summed E-state index contributed by atoms with van der Waals surface area (Å²) in [6, 6.07) is 0. The van der Waals surface area contributed by atoms with Crippen molar-refractivity contribution in [3.63, 3.8) is 0 Å². The first kappa shape index (κ1) is 16.9. The van der Waals surface area contributed by atoms with Crippen molar-refractivity contribution < 1.29 is 4.79 Å². The maximum Gasteiger partial charge on any atom is 0.221 e. The van der Waals surface area contributed by atoms with Gasteiger partial charge in [0.1, 0.15) is 0 Å². The Morgan fingerprint density at radius 2 is 1.40 bits per heavy atom. The van der Waals surface area contributed by atoms with Gasteiger partial charge in [-0.1, -0.05) is 51.9 Å². The molecule has 0 saturated heterocycles. The summed E-state index contributed by atoms with van der Waals surface area (Å²) in [5.41, 5.74) is 0. The average molecular weight is 232 g/mol. The Bertz CT molecular complexity index is 157. The van der Waals surface area contributed by atoms with Gasteiger partial charge >= 0.3 is 0 Å². The molecule has 0 atom stereocenters. The molecule has 0 aromatic rings. The van der Waals surface area contributed by atoms with Crippen LogP contribution in [-0.2, 0) is 4.79 Å². The van der Waals surface area contributed by atoms with Crippen molar-refractivity contribution in [2.75, 3.05) is 0 Å². The number of nitriles is 1. The summed E-state index contributed by atoms with van der Waals surface area (Å²) >= 11 is 5.22. The molecule has 0 aliphatic carbocycles. The van der Waals surface area contributed by atoms with E-state index in [-0.39, 0.29) is 5.24 Å². The predicted octanol–water partition coefficient (Wildman–Crippen LogP) is 4.42. The van der Waals surface area contributed by atoms with Gasteiger partial charge < -0.3 is 0 Å². The Morgan fingerprint density at radius 1 is 1.00 bits per heavy atom. The molecule has 0 aliphatic heterocycles. The van der Waals surface area contributed by atoms with Gasteiger partial charge in [0.05, 0.1) is 0 Å². The first-order chi connectivity index (χ1) is 7.27. The molecular formula is C12H22ClNO. The van der Waals surface area contributed by atoms with Crippen molar-refractivity contribution in [3.05, 3.63) is 0 Å². The monoisotopic (exact) mass is 231 g/mol. The van der Waals surface area contributed by atoms with Gasteiger partial charge in [-0.15, -0.1) is 0 Å². The van der Waals surface area contributed by atoms with Crippen molar-refractivity contribution in [2.45, 2.75) is 64.7 Å². The molecule has 0 amide bonds. The van der Waals surface area contributed by atoms with E-state index in [0.717, 1.165) is 12.8 Å². The minimum atomic E-state index is -0.189. The van der Waals surface area contributed by atoms with Gasteiger partial charge in [-0.05, 0) is 18.0 Å². The Balaban J connectivity index is 0. The van der Waals surface area contributed by atoms with Crippen molar-refractivity contribution in [1.82, 2.24) is 0 Å². The number of nitrogens with zero attached hydrogens (tertiary/aromatic N) is 1. The molecule has 3 heteroatoms. The van der Waals surface area contributed by atoms with Crippen molar-refractivity contribution in [2.24, 2.45) is 0 Å². The molecule has 0 N–H and O–H groups in total. The van der Waals surface area contributed by atoms with E-state index in [4.69, 9.17) is 16.9 Å². The van der Waals surface area contributed by atoms with Gasteiger partial charge in [-0.3, -0.25) is 4.79 Å². The van der Waals surface area contributed by atoms with Gasteiger partial charge in [0, 0.05) is 13.0 Å². The number of hydrogen-bond acceptors (Lipinski definition) is 2. The van der Waals surface area contributed by atoms with Gasteiger partial charge in [-0.2, -0.15) is 0 Å². The van der Waals surface area contributed by atoms with E-state index in [0.29, 0.717) is 6.42 Å². The normalized spacial score (nSPS) is 9.07. The molecule has 0 saturated carbocycles. The van der Waals surface area contributed by atoms with Crippen LogP contribution in [0.15, 0.2) is 0 Å². The smallest absolute Gasteiger partial charge is 0.221 e.